The second kappa shape index (κ2) is 9.06. The summed E-state index contributed by atoms with van der Waals surface area (Å²) in [5, 5.41) is 6.86. The van der Waals surface area contributed by atoms with Gasteiger partial charge in [-0.2, -0.15) is 26.3 Å². The standard InChI is InChI=1S/C24H30F6N2/c1-21(2,3)31-19(15-7-11-17(12-8-15)23(25,26)27)20(32-22(4,5)6)16-9-13-18(14-10-16)24(28,29)30/h7-14,19-20,31-32H,1-6H3. The van der Waals surface area contributed by atoms with Crippen LogP contribution in [0.2, 0.25) is 0 Å². The molecule has 0 amide bonds. The second-order valence-electron chi connectivity index (χ2n) is 9.98. The minimum absolute atomic E-state index is 0.420. The molecule has 178 valence electrons. The van der Waals surface area contributed by atoms with Gasteiger partial charge in [0.25, 0.3) is 0 Å². The number of hydrogen-bond donors (Lipinski definition) is 2. The topological polar surface area (TPSA) is 24.1 Å². The first-order valence-electron chi connectivity index (χ1n) is 10.3. The Labute approximate surface area is 185 Å². The fraction of sp³-hybridized carbons (Fsp3) is 0.500. The van der Waals surface area contributed by atoms with Crippen molar-refractivity contribution in [1.29, 1.82) is 0 Å². The Morgan fingerprint density at radius 1 is 0.500 bits per heavy atom. The highest BCUT2D eigenvalue weighted by molar-refractivity contribution is 5.33. The van der Waals surface area contributed by atoms with Crippen LogP contribution in [0.3, 0.4) is 0 Å². The van der Waals surface area contributed by atoms with E-state index in [0.717, 1.165) is 24.3 Å². The van der Waals surface area contributed by atoms with Gasteiger partial charge in [0.15, 0.2) is 0 Å². The quantitative estimate of drug-likeness (QED) is 0.458. The number of halogens is 6. The van der Waals surface area contributed by atoms with Crippen molar-refractivity contribution in [2.24, 2.45) is 0 Å². The van der Waals surface area contributed by atoms with Crippen LogP contribution in [0.1, 0.15) is 75.9 Å². The van der Waals surface area contributed by atoms with Gasteiger partial charge in [0.2, 0.25) is 0 Å². The molecule has 2 aromatic rings. The van der Waals surface area contributed by atoms with Gasteiger partial charge < -0.3 is 10.6 Å². The molecule has 0 spiro atoms. The smallest absolute Gasteiger partial charge is 0.304 e. The lowest BCUT2D eigenvalue weighted by molar-refractivity contribution is -0.138. The fourth-order valence-corrected chi connectivity index (χ4v) is 3.41. The van der Waals surface area contributed by atoms with E-state index in [1.165, 1.54) is 24.3 Å². The van der Waals surface area contributed by atoms with Crippen molar-refractivity contribution < 1.29 is 26.3 Å². The molecule has 2 aromatic carbocycles. The zero-order valence-electron chi connectivity index (χ0n) is 19.0. The Hall–Kier alpha value is -2.06. The molecule has 2 nitrogen and oxygen atoms in total. The first-order valence-corrected chi connectivity index (χ1v) is 10.3. The monoisotopic (exact) mass is 460 g/mol. The molecule has 32 heavy (non-hydrogen) atoms. The molecule has 0 fully saturated rings. The maximum atomic E-state index is 13.1. The van der Waals surface area contributed by atoms with Gasteiger partial charge in [0.1, 0.15) is 0 Å². The average Bonchev–Trinajstić information content (AvgIpc) is 2.62. The van der Waals surface area contributed by atoms with E-state index in [1.807, 2.05) is 41.5 Å². The number of nitrogens with one attached hydrogen (secondary N) is 2. The number of hydrogen-bond acceptors (Lipinski definition) is 2. The predicted molar refractivity (Wildman–Crippen MR) is 114 cm³/mol. The Balaban J connectivity index is 2.57. The molecule has 0 aliphatic rings. The van der Waals surface area contributed by atoms with Crippen LogP contribution < -0.4 is 10.6 Å². The SMILES string of the molecule is CC(C)(C)NC(c1ccc(C(F)(F)F)cc1)C(NC(C)(C)C)c1ccc(C(F)(F)F)cc1. The number of alkyl halides is 6. The lowest BCUT2D eigenvalue weighted by Gasteiger charge is -2.39. The van der Waals surface area contributed by atoms with Crippen molar-refractivity contribution in [3.05, 3.63) is 70.8 Å². The maximum Gasteiger partial charge on any atom is 0.416 e. The summed E-state index contributed by atoms with van der Waals surface area (Å²) in [7, 11) is 0. The molecule has 0 radical (unpaired) electrons. The molecule has 2 atom stereocenters. The van der Waals surface area contributed by atoms with Crippen LogP contribution in [-0.4, -0.2) is 11.1 Å². The molecular weight excluding hydrogens is 430 g/mol. The van der Waals surface area contributed by atoms with Crippen LogP contribution in [0.15, 0.2) is 48.5 Å². The van der Waals surface area contributed by atoms with Crippen LogP contribution in [0.5, 0.6) is 0 Å². The van der Waals surface area contributed by atoms with Crippen molar-refractivity contribution in [1.82, 2.24) is 10.6 Å². The van der Waals surface area contributed by atoms with Crippen LogP contribution in [-0.2, 0) is 12.4 Å². The zero-order chi connectivity index (χ0) is 24.5. The lowest BCUT2D eigenvalue weighted by Crippen LogP contribution is -2.48. The van der Waals surface area contributed by atoms with Gasteiger partial charge in [-0.05, 0) is 76.9 Å². The molecule has 0 saturated carbocycles. The average molecular weight is 461 g/mol. The van der Waals surface area contributed by atoms with E-state index >= 15 is 0 Å². The Kier molecular flexibility index (Phi) is 7.42. The highest BCUT2D eigenvalue weighted by atomic mass is 19.4. The first kappa shape index (κ1) is 26.2. The summed E-state index contributed by atoms with van der Waals surface area (Å²) < 4.78 is 78.3. The van der Waals surface area contributed by atoms with Gasteiger partial charge in [-0.3, -0.25) is 0 Å². The molecule has 0 heterocycles. The first-order chi connectivity index (χ1) is 14.4. The van der Waals surface area contributed by atoms with Crippen LogP contribution in [0, 0.1) is 0 Å². The van der Waals surface area contributed by atoms with E-state index in [9.17, 15) is 26.3 Å². The van der Waals surface area contributed by atoms with E-state index < -0.39 is 46.6 Å². The van der Waals surface area contributed by atoms with Crippen molar-refractivity contribution >= 4 is 0 Å². The maximum absolute atomic E-state index is 13.1. The third-order valence-electron chi connectivity index (χ3n) is 4.70. The summed E-state index contributed by atoms with van der Waals surface area (Å²) >= 11 is 0. The summed E-state index contributed by atoms with van der Waals surface area (Å²) in [6.45, 7) is 11.5. The zero-order valence-corrected chi connectivity index (χ0v) is 19.0. The third kappa shape index (κ3) is 7.52. The Morgan fingerprint density at radius 2 is 0.750 bits per heavy atom. The third-order valence-corrected chi connectivity index (χ3v) is 4.70. The molecule has 2 N–H and O–H groups in total. The Bertz CT molecular complexity index is 794. The summed E-state index contributed by atoms with van der Waals surface area (Å²) in [6.07, 6.45) is -8.91. The van der Waals surface area contributed by atoms with Gasteiger partial charge in [0, 0.05) is 11.1 Å². The van der Waals surface area contributed by atoms with Crippen molar-refractivity contribution in [3.63, 3.8) is 0 Å². The van der Waals surface area contributed by atoms with Gasteiger partial charge in [-0.15, -0.1) is 0 Å². The molecule has 2 rings (SSSR count). The summed E-state index contributed by atoms with van der Waals surface area (Å²) in [5.74, 6) is 0. The summed E-state index contributed by atoms with van der Waals surface area (Å²) in [4.78, 5) is 0. The molecule has 0 aliphatic carbocycles. The van der Waals surface area contributed by atoms with Crippen LogP contribution >= 0.6 is 0 Å². The van der Waals surface area contributed by atoms with Crippen LogP contribution in [0.25, 0.3) is 0 Å². The van der Waals surface area contributed by atoms with E-state index in [1.54, 1.807) is 0 Å². The summed E-state index contributed by atoms with van der Waals surface area (Å²) in [5.41, 5.74) is -1.17. The molecule has 0 aliphatic heterocycles. The largest absolute Gasteiger partial charge is 0.416 e. The molecule has 0 saturated heterocycles. The van der Waals surface area contributed by atoms with Gasteiger partial charge >= 0.3 is 12.4 Å². The van der Waals surface area contributed by atoms with E-state index in [0.29, 0.717) is 11.1 Å². The Morgan fingerprint density at radius 3 is 0.938 bits per heavy atom. The minimum Gasteiger partial charge on any atom is -0.304 e. The highest BCUT2D eigenvalue weighted by Gasteiger charge is 2.35. The van der Waals surface area contributed by atoms with E-state index in [4.69, 9.17) is 0 Å². The second-order valence-corrected chi connectivity index (χ2v) is 9.98. The molecule has 2 unspecified atom stereocenters. The van der Waals surface area contributed by atoms with Gasteiger partial charge in [0.05, 0.1) is 23.2 Å². The van der Waals surface area contributed by atoms with Crippen molar-refractivity contribution in [3.8, 4) is 0 Å². The van der Waals surface area contributed by atoms with Crippen LogP contribution in [0.4, 0.5) is 26.3 Å². The summed E-state index contributed by atoms with van der Waals surface area (Å²) in [6, 6.07) is 8.71. The molecule has 0 aromatic heterocycles. The molecular formula is C24H30F6N2. The fourth-order valence-electron chi connectivity index (χ4n) is 3.41. The van der Waals surface area contributed by atoms with E-state index in [2.05, 4.69) is 10.6 Å². The van der Waals surface area contributed by atoms with E-state index in [-0.39, 0.29) is 0 Å². The van der Waals surface area contributed by atoms with Crippen molar-refractivity contribution in [2.45, 2.75) is 77.1 Å². The lowest BCUT2D eigenvalue weighted by atomic mass is 9.88. The predicted octanol–water partition coefficient (Wildman–Crippen LogP) is 7.28. The minimum atomic E-state index is -4.46. The highest BCUT2D eigenvalue weighted by Crippen LogP contribution is 2.36. The van der Waals surface area contributed by atoms with Gasteiger partial charge in [-0.1, -0.05) is 24.3 Å². The van der Waals surface area contributed by atoms with Gasteiger partial charge in [-0.25, -0.2) is 0 Å². The molecule has 8 heteroatoms. The van der Waals surface area contributed by atoms with Crippen molar-refractivity contribution in [2.75, 3.05) is 0 Å². The number of rotatable bonds is 5. The number of benzene rings is 2. The normalized spacial score (nSPS) is 15.5. The molecule has 0 bridgehead atoms.